The minimum absolute atomic E-state index is 0.00178. The fraction of sp³-hybridized carbons (Fsp3) is 0.500. The molecule has 1 aromatic rings. The van der Waals surface area contributed by atoms with Crippen LogP contribution in [0.5, 0.6) is 0 Å². The quantitative estimate of drug-likeness (QED) is 0.739. The molecule has 0 aliphatic carbocycles. The Kier molecular flexibility index (Phi) is 4.98. The third-order valence-corrected chi connectivity index (χ3v) is 3.43. The Morgan fingerprint density at radius 2 is 1.79 bits per heavy atom. The highest BCUT2D eigenvalue weighted by Gasteiger charge is 2.24. The molecule has 0 aliphatic heterocycles. The normalized spacial score (nSPS) is 12.6. The first-order valence-corrected chi connectivity index (χ1v) is 6.68. The molecule has 1 aromatic carbocycles. The van der Waals surface area contributed by atoms with Crippen molar-refractivity contribution in [2.45, 2.75) is 47.0 Å². The Balaban J connectivity index is 3.54. The lowest BCUT2D eigenvalue weighted by molar-refractivity contribution is 0.0915. The van der Waals surface area contributed by atoms with Gasteiger partial charge >= 0.3 is 0 Å². The van der Waals surface area contributed by atoms with Crippen LogP contribution in [0, 0.1) is 11.7 Å². The van der Waals surface area contributed by atoms with E-state index in [-0.39, 0.29) is 29.0 Å². The summed E-state index contributed by atoms with van der Waals surface area (Å²) < 4.78 is 13.7. The average molecular weight is 264 g/mol. The van der Waals surface area contributed by atoms with Crippen LogP contribution in [0.15, 0.2) is 12.1 Å². The summed E-state index contributed by atoms with van der Waals surface area (Å²) in [5.41, 5.74) is 1.21. The summed E-state index contributed by atoms with van der Waals surface area (Å²) in [5.74, 6) is -1.01. The summed E-state index contributed by atoms with van der Waals surface area (Å²) in [7, 11) is 0. The van der Waals surface area contributed by atoms with Crippen molar-refractivity contribution in [2.75, 3.05) is 0 Å². The minimum Gasteiger partial charge on any atom is -0.294 e. The molecule has 0 radical (unpaired) electrons. The Morgan fingerprint density at radius 1 is 1.21 bits per heavy atom. The molecule has 19 heavy (non-hydrogen) atoms. The number of Topliss-reactive ketones (excluding diaryl/α,β-unsaturated/α-hetero) is 2. The smallest absolute Gasteiger partial charge is 0.166 e. The van der Waals surface area contributed by atoms with Crippen molar-refractivity contribution in [1.29, 1.82) is 0 Å². The highest BCUT2D eigenvalue weighted by Crippen LogP contribution is 2.27. The molecular formula is C16H21FO2. The SMILES string of the molecule is CCC(C)C(=O)c1cc(F)cc(C(C)C)c1C(C)=O. The van der Waals surface area contributed by atoms with E-state index in [0.717, 1.165) is 0 Å². The number of benzene rings is 1. The van der Waals surface area contributed by atoms with Crippen molar-refractivity contribution in [2.24, 2.45) is 5.92 Å². The van der Waals surface area contributed by atoms with Crippen LogP contribution in [-0.4, -0.2) is 11.6 Å². The van der Waals surface area contributed by atoms with Gasteiger partial charge in [0.25, 0.3) is 0 Å². The van der Waals surface area contributed by atoms with Crippen LogP contribution in [0.3, 0.4) is 0 Å². The second-order valence-corrected chi connectivity index (χ2v) is 5.30. The largest absolute Gasteiger partial charge is 0.294 e. The molecule has 1 atom stereocenters. The second-order valence-electron chi connectivity index (χ2n) is 5.30. The van der Waals surface area contributed by atoms with Crippen molar-refractivity contribution in [3.05, 3.63) is 34.6 Å². The van der Waals surface area contributed by atoms with E-state index in [1.54, 1.807) is 6.92 Å². The molecule has 0 bridgehead atoms. The maximum absolute atomic E-state index is 13.7. The third kappa shape index (κ3) is 3.28. The zero-order valence-corrected chi connectivity index (χ0v) is 12.2. The predicted octanol–water partition coefficient (Wildman–Crippen LogP) is 4.38. The molecular weight excluding hydrogens is 243 g/mol. The van der Waals surface area contributed by atoms with E-state index in [1.165, 1.54) is 19.1 Å². The van der Waals surface area contributed by atoms with E-state index < -0.39 is 5.82 Å². The van der Waals surface area contributed by atoms with Crippen molar-refractivity contribution in [3.8, 4) is 0 Å². The topological polar surface area (TPSA) is 34.1 Å². The molecule has 0 N–H and O–H groups in total. The van der Waals surface area contributed by atoms with Crippen LogP contribution in [0.1, 0.15) is 73.2 Å². The summed E-state index contributed by atoms with van der Waals surface area (Å²) in [6.45, 7) is 8.90. The van der Waals surface area contributed by atoms with Gasteiger partial charge in [-0.05, 0) is 37.0 Å². The van der Waals surface area contributed by atoms with Crippen molar-refractivity contribution in [1.82, 2.24) is 0 Å². The monoisotopic (exact) mass is 264 g/mol. The molecule has 0 aromatic heterocycles. The van der Waals surface area contributed by atoms with E-state index in [0.29, 0.717) is 17.5 Å². The fourth-order valence-corrected chi connectivity index (χ4v) is 2.12. The molecule has 104 valence electrons. The van der Waals surface area contributed by atoms with Crippen molar-refractivity contribution < 1.29 is 14.0 Å². The number of carbonyl (C=O) groups is 2. The summed E-state index contributed by atoms with van der Waals surface area (Å²) in [4.78, 5) is 24.2. The second kappa shape index (κ2) is 6.09. The van der Waals surface area contributed by atoms with Gasteiger partial charge in [0.15, 0.2) is 11.6 Å². The number of halogens is 1. The Bertz CT molecular complexity index is 504. The lowest BCUT2D eigenvalue weighted by atomic mass is 9.86. The van der Waals surface area contributed by atoms with Gasteiger partial charge < -0.3 is 0 Å². The van der Waals surface area contributed by atoms with Gasteiger partial charge in [-0.25, -0.2) is 4.39 Å². The Morgan fingerprint density at radius 3 is 2.21 bits per heavy atom. The third-order valence-electron chi connectivity index (χ3n) is 3.43. The molecule has 0 heterocycles. The van der Waals surface area contributed by atoms with E-state index >= 15 is 0 Å². The first kappa shape index (κ1) is 15.5. The predicted molar refractivity (Wildman–Crippen MR) is 74.3 cm³/mol. The molecule has 2 nitrogen and oxygen atoms in total. The van der Waals surface area contributed by atoms with Crippen LogP contribution in [0.25, 0.3) is 0 Å². The van der Waals surface area contributed by atoms with E-state index in [9.17, 15) is 14.0 Å². The zero-order valence-electron chi connectivity index (χ0n) is 12.2. The minimum atomic E-state index is -0.458. The van der Waals surface area contributed by atoms with Crippen LogP contribution in [-0.2, 0) is 0 Å². The van der Waals surface area contributed by atoms with Gasteiger partial charge in [-0.2, -0.15) is 0 Å². The molecule has 0 fully saturated rings. The van der Waals surface area contributed by atoms with Crippen LogP contribution >= 0.6 is 0 Å². The number of hydrogen-bond donors (Lipinski definition) is 0. The Labute approximate surface area is 114 Å². The van der Waals surface area contributed by atoms with Gasteiger partial charge in [0.1, 0.15) is 5.82 Å². The first-order chi connectivity index (χ1) is 8.79. The van der Waals surface area contributed by atoms with Gasteiger partial charge in [-0.3, -0.25) is 9.59 Å². The molecule has 0 amide bonds. The summed E-state index contributed by atoms with van der Waals surface area (Å²) in [5, 5.41) is 0. The highest BCUT2D eigenvalue weighted by molar-refractivity contribution is 6.09. The van der Waals surface area contributed by atoms with E-state index in [4.69, 9.17) is 0 Å². The summed E-state index contributed by atoms with van der Waals surface area (Å²) in [6, 6.07) is 2.55. The van der Waals surface area contributed by atoms with Gasteiger partial charge in [-0.15, -0.1) is 0 Å². The average Bonchev–Trinajstić information content (AvgIpc) is 2.35. The first-order valence-electron chi connectivity index (χ1n) is 6.68. The molecule has 0 saturated heterocycles. The molecule has 3 heteroatoms. The maximum atomic E-state index is 13.7. The molecule has 0 saturated carbocycles. The lowest BCUT2D eigenvalue weighted by Crippen LogP contribution is -2.17. The van der Waals surface area contributed by atoms with Crippen molar-refractivity contribution in [3.63, 3.8) is 0 Å². The summed E-state index contributed by atoms with van der Waals surface area (Å²) in [6.07, 6.45) is 0.670. The van der Waals surface area contributed by atoms with E-state index in [2.05, 4.69) is 0 Å². The molecule has 0 spiro atoms. The zero-order chi connectivity index (χ0) is 14.7. The molecule has 0 aliphatic rings. The maximum Gasteiger partial charge on any atom is 0.166 e. The van der Waals surface area contributed by atoms with Gasteiger partial charge in [-0.1, -0.05) is 27.7 Å². The molecule has 1 unspecified atom stereocenters. The Hall–Kier alpha value is -1.51. The number of hydrogen-bond acceptors (Lipinski definition) is 2. The van der Waals surface area contributed by atoms with Crippen LogP contribution < -0.4 is 0 Å². The number of carbonyl (C=O) groups excluding carboxylic acids is 2. The lowest BCUT2D eigenvalue weighted by Gasteiger charge is -2.17. The van der Waals surface area contributed by atoms with Crippen LogP contribution in [0.2, 0.25) is 0 Å². The summed E-state index contributed by atoms with van der Waals surface area (Å²) >= 11 is 0. The van der Waals surface area contributed by atoms with Crippen molar-refractivity contribution >= 4 is 11.6 Å². The fourth-order valence-electron chi connectivity index (χ4n) is 2.12. The molecule has 1 rings (SSSR count). The number of rotatable bonds is 5. The van der Waals surface area contributed by atoms with Gasteiger partial charge in [0.2, 0.25) is 0 Å². The highest BCUT2D eigenvalue weighted by atomic mass is 19.1. The number of ketones is 2. The standard InChI is InChI=1S/C16H21FO2/c1-6-10(4)16(19)14-8-12(17)7-13(9(2)3)15(14)11(5)18/h7-10H,6H2,1-5H3. The van der Waals surface area contributed by atoms with Gasteiger partial charge in [0.05, 0.1) is 0 Å². The van der Waals surface area contributed by atoms with Gasteiger partial charge in [0, 0.05) is 17.0 Å². The van der Waals surface area contributed by atoms with Crippen LogP contribution in [0.4, 0.5) is 4.39 Å². The van der Waals surface area contributed by atoms with E-state index in [1.807, 2.05) is 20.8 Å².